The number of benzene rings is 2. The predicted octanol–water partition coefficient (Wildman–Crippen LogP) is 4.18. The van der Waals surface area contributed by atoms with Crippen molar-refractivity contribution in [3.8, 4) is 0 Å². The normalized spacial score (nSPS) is 19.2. The lowest BCUT2D eigenvalue weighted by atomic mass is 9.99. The lowest BCUT2D eigenvalue weighted by Crippen LogP contribution is -2.49. The molecule has 204 valence electrons. The Labute approximate surface area is 232 Å². The quantitative estimate of drug-likeness (QED) is 0.387. The van der Waals surface area contributed by atoms with E-state index in [1.807, 2.05) is 35.9 Å². The number of tetrazole rings is 1. The maximum atomic E-state index is 13.7. The summed E-state index contributed by atoms with van der Waals surface area (Å²) in [6.07, 6.45) is 2.10. The molecule has 4 aromatic rings. The van der Waals surface area contributed by atoms with Crippen LogP contribution < -0.4 is 10.5 Å². The highest BCUT2D eigenvalue weighted by molar-refractivity contribution is 6.30. The molecule has 4 heterocycles. The SMILES string of the molecule is Cc1ccc(Cl)cc1N1CCN([C@H](c2cc3c(C)ccc(C)c3[nH]c2=O)c2nnnn2C[C@H]2CCCO2)CC1. The van der Waals surface area contributed by atoms with Crippen molar-refractivity contribution in [2.75, 3.05) is 37.7 Å². The molecule has 2 aliphatic heterocycles. The Balaban J connectivity index is 1.39. The molecule has 9 nitrogen and oxygen atoms in total. The number of aromatic amines is 1. The second-order valence-corrected chi connectivity index (χ2v) is 11.2. The van der Waals surface area contributed by atoms with E-state index in [0.717, 1.165) is 78.4 Å². The molecule has 0 spiro atoms. The van der Waals surface area contributed by atoms with E-state index < -0.39 is 6.04 Å². The van der Waals surface area contributed by atoms with Gasteiger partial charge in [-0.15, -0.1) is 5.10 Å². The van der Waals surface area contributed by atoms with Crippen LogP contribution in [-0.2, 0) is 11.3 Å². The fourth-order valence-electron chi connectivity index (χ4n) is 5.96. The van der Waals surface area contributed by atoms with Gasteiger partial charge in [0.2, 0.25) is 0 Å². The Hall–Kier alpha value is -3.27. The van der Waals surface area contributed by atoms with Gasteiger partial charge in [-0.05, 0) is 78.9 Å². The molecule has 6 rings (SSSR count). The molecule has 2 aliphatic rings. The van der Waals surface area contributed by atoms with Gasteiger partial charge in [-0.2, -0.15) is 0 Å². The minimum atomic E-state index is -0.392. The molecular formula is C29H34ClN7O2. The summed E-state index contributed by atoms with van der Waals surface area (Å²) in [7, 11) is 0. The maximum Gasteiger partial charge on any atom is 0.253 e. The number of pyridine rings is 1. The standard InChI is InChI=1S/C29H34ClN7O2/c1-18-6-7-20(3)26-23(18)16-24(29(38)31-26)27(28-32-33-34-37(28)17-22-5-4-14-39-22)36-12-10-35(11-13-36)25-15-21(30)9-8-19(25)2/h6-9,15-16,22,27H,4-5,10-14,17H2,1-3H3,(H,31,38)/t22-,27-/m1/s1. The summed E-state index contributed by atoms with van der Waals surface area (Å²) in [5, 5.41) is 14.7. The highest BCUT2D eigenvalue weighted by Crippen LogP contribution is 2.32. The first-order valence-electron chi connectivity index (χ1n) is 13.6. The Morgan fingerprint density at radius 3 is 2.59 bits per heavy atom. The average Bonchev–Trinajstić information content (AvgIpc) is 3.62. The number of H-pyrrole nitrogens is 1. The molecule has 2 aromatic carbocycles. The van der Waals surface area contributed by atoms with Gasteiger partial charge in [-0.1, -0.05) is 29.8 Å². The van der Waals surface area contributed by atoms with Gasteiger partial charge in [0, 0.05) is 54.4 Å². The van der Waals surface area contributed by atoms with E-state index in [2.05, 4.69) is 56.3 Å². The van der Waals surface area contributed by atoms with Crippen molar-refractivity contribution in [1.29, 1.82) is 0 Å². The number of rotatable bonds is 6. The summed E-state index contributed by atoms with van der Waals surface area (Å²) >= 11 is 6.33. The van der Waals surface area contributed by atoms with Crippen molar-refractivity contribution in [1.82, 2.24) is 30.1 Å². The molecule has 0 unspecified atom stereocenters. The predicted molar refractivity (Wildman–Crippen MR) is 153 cm³/mol. The third kappa shape index (κ3) is 5.06. The van der Waals surface area contributed by atoms with Crippen LogP contribution in [0.25, 0.3) is 10.9 Å². The van der Waals surface area contributed by atoms with Crippen LogP contribution >= 0.6 is 11.6 Å². The molecule has 2 atom stereocenters. The third-order valence-electron chi connectivity index (χ3n) is 8.16. The molecule has 2 aromatic heterocycles. The summed E-state index contributed by atoms with van der Waals surface area (Å²) < 4.78 is 7.73. The van der Waals surface area contributed by atoms with Crippen LogP contribution in [-0.4, -0.2) is 69.0 Å². The molecule has 1 N–H and O–H groups in total. The van der Waals surface area contributed by atoms with E-state index in [4.69, 9.17) is 16.3 Å². The molecule has 0 aliphatic carbocycles. The van der Waals surface area contributed by atoms with Crippen molar-refractivity contribution in [3.63, 3.8) is 0 Å². The van der Waals surface area contributed by atoms with Crippen LogP contribution in [0.4, 0.5) is 5.69 Å². The van der Waals surface area contributed by atoms with Crippen molar-refractivity contribution in [2.24, 2.45) is 0 Å². The highest BCUT2D eigenvalue weighted by atomic mass is 35.5. The van der Waals surface area contributed by atoms with E-state index >= 15 is 0 Å². The number of hydrogen-bond acceptors (Lipinski definition) is 7. The Kier molecular flexibility index (Phi) is 7.14. The van der Waals surface area contributed by atoms with Gasteiger partial charge < -0.3 is 14.6 Å². The number of ether oxygens (including phenoxy) is 1. The number of hydrogen-bond donors (Lipinski definition) is 1. The summed E-state index contributed by atoms with van der Waals surface area (Å²) in [5.41, 5.74) is 5.94. The van der Waals surface area contributed by atoms with Gasteiger partial charge in [0.1, 0.15) is 6.04 Å². The molecule has 0 saturated carbocycles. The number of fused-ring (bicyclic) bond motifs is 1. The minimum Gasteiger partial charge on any atom is -0.376 e. The summed E-state index contributed by atoms with van der Waals surface area (Å²) in [6, 6.07) is 11.8. The first-order valence-corrected chi connectivity index (χ1v) is 14.0. The molecule has 10 heteroatoms. The van der Waals surface area contributed by atoms with Crippen LogP contribution in [0.1, 0.15) is 47.0 Å². The first-order chi connectivity index (χ1) is 18.9. The number of nitrogens with zero attached hydrogens (tertiary/aromatic N) is 6. The fourth-order valence-corrected chi connectivity index (χ4v) is 6.12. The monoisotopic (exact) mass is 547 g/mol. The van der Waals surface area contributed by atoms with Crippen molar-refractivity contribution >= 4 is 28.2 Å². The van der Waals surface area contributed by atoms with Crippen molar-refractivity contribution in [3.05, 3.63) is 79.9 Å². The van der Waals surface area contributed by atoms with Crippen LogP contribution in [0.3, 0.4) is 0 Å². The van der Waals surface area contributed by atoms with E-state index in [1.165, 1.54) is 5.56 Å². The molecule has 2 saturated heterocycles. The average molecular weight is 548 g/mol. The molecule has 0 radical (unpaired) electrons. The van der Waals surface area contributed by atoms with Crippen LogP contribution in [0.5, 0.6) is 0 Å². The van der Waals surface area contributed by atoms with E-state index in [9.17, 15) is 4.79 Å². The zero-order valence-corrected chi connectivity index (χ0v) is 23.4. The smallest absolute Gasteiger partial charge is 0.253 e. The van der Waals surface area contributed by atoms with Gasteiger partial charge in [0.25, 0.3) is 5.56 Å². The van der Waals surface area contributed by atoms with Gasteiger partial charge in [-0.3, -0.25) is 9.69 Å². The number of halogens is 1. The topological polar surface area (TPSA) is 92.2 Å². The minimum absolute atomic E-state index is 0.0790. The zero-order valence-electron chi connectivity index (χ0n) is 22.7. The summed E-state index contributed by atoms with van der Waals surface area (Å²) in [6.45, 7) is 10.6. The lowest BCUT2D eigenvalue weighted by molar-refractivity contribution is 0.0906. The Morgan fingerprint density at radius 2 is 1.82 bits per heavy atom. The molecule has 39 heavy (non-hydrogen) atoms. The maximum absolute atomic E-state index is 13.7. The van der Waals surface area contributed by atoms with Crippen molar-refractivity contribution < 1.29 is 4.74 Å². The second-order valence-electron chi connectivity index (χ2n) is 10.8. The van der Waals surface area contributed by atoms with Gasteiger partial charge in [0.05, 0.1) is 18.2 Å². The Bertz CT molecular complexity index is 1550. The molecular weight excluding hydrogens is 514 g/mol. The van der Waals surface area contributed by atoms with Crippen LogP contribution in [0, 0.1) is 20.8 Å². The summed E-state index contributed by atoms with van der Waals surface area (Å²) in [5.74, 6) is 0.674. The van der Waals surface area contributed by atoms with Gasteiger partial charge >= 0.3 is 0 Å². The fraction of sp³-hybridized carbons (Fsp3) is 0.448. The molecule has 2 fully saturated rings. The second kappa shape index (κ2) is 10.7. The van der Waals surface area contributed by atoms with E-state index in [-0.39, 0.29) is 11.7 Å². The Morgan fingerprint density at radius 1 is 1.05 bits per heavy atom. The lowest BCUT2D eigenvalue weighted by Gasteiger charge is -2.40. The third-order valence-corrected chi connectivity index (χ3v) is 8.40. The van der Waals surface area contributed by atoms with Crippen molar-refractivity contribution in [2.45, 2.75) is 52.3 Å². The molecule has 0 amide bonds. The van der Waals surface area contributed by atoms with E-state index in [1.54, 1.807) is 0 Å². The number of nitrogens with one attached hydrogen (secondary N) is 1. The van der Waals surface area contributed by atoms with Crippen LogP contribution in [0.15, 0.2) is 41.2 Å². The number of aryl methyl sites for hydroxylation is 3. The number of anilines is 1. The number of piperazine rings is 1. The highest BCUT2D eigenvalue weighted by Gasteiger charge is 2.34. The zero-order chi connectivity index (χ0) is 27.1. The summed E-state index contributed by atoms with van der Waals surface area (Å²) in [4.78, 5) is 21.6. The van der Waals surface area contributed by atoms with Gasteiger partial charge in [-0.25, -0.2) is 4.68 Å². The molecule has 0 bridgehead atoms. The largest absolute Gasteiger partial charge is 0.376 e. The van der Waals surface area contributed by atoms with Gasteiger partial charge in [0.15, 0.2) is 5.82 Å². The first kappa shape index (κ1) is 26.0. The van der Waals surface area contributed by atoms with Crippen LogP contribution in [0.2, 0.25) is 5.02 Å². The number of aromatic nitrogens is 5. The van der Waals surface area contributed by atoms with E-state index in [0.29, 0.717) is 17.9 Å².